The van der Waals surface area contributed by atoms with Crippen molar-refractivity contribution in [2.75, 3.05) is 0 Å². The molecule has 0 unspecified atom stereocenters. The molecule has 0 aliphatic rings. The SMILES string of the molecule is CCc1ccc(C#N)c(C(F)F)c1C(=O)O. The number of benzene rings is 1. The van der Waals surface area contributed by atoms with Crippen LogP contribution < -0.4 is 0 Å². The highest BCUT2D eigenvalue weighted by atomic mass is 19.3. The molecule has 0 amide bonds. The largest absolute Gasteiger partial charge is 0.478 e. The van der Waals surface area contributed by atoms with Crippen molar-refractivity contribution in [3.8, 4) is 6.07 Å². The second-order valence-electron chi connectivity index (χ2n) is 3.13. The monoisotopic (exact) mass is 225 g/mol. The number of halogens is 2. The number of aryl methyl sites for hydroxylation is 1. The summed E-state index contributed by atoms with van der Waals surface area (Å²) >= 11 is 0. The Kier molecular flexibility index (Phi) is 3.56. The van der Waals surface area contributed by atoms with Gasteiger partial charge in [0.05, 0.1) is 22.8 Å². The van der Waals surface area contributed by atoms with Crippen molar-refractivity contribution in [1.29, 1.82) is 5.26 Å². The van der Waals surface area contributed by atoms with Crippen LogP contribution >= 0.6 is 0 Å². The standard InChI is InChI=1S/C11H9F2NO2/c1-2-6-3-4-7(5-14)8(10(12)13)9(6)11(15)16/h3-4,10H,2H2,1H3,(H,15,16). The highest BCUT2D eigenvalue weighted by Crippen LogP contribution is 2.29. The molecule has 0 atom stereocenters. The maximum Gasteiger partial charge on any atom is 0.336 e. The number of rotatable bonds is 3. The first-order chi connectivity index (χ1) is 7.52. The van der Waals surface area contributed by atoms with Crippen LogP contribution in [0, 0.1) is 11.3 Å². The van der Waals surface area contributed by atoms with Crippen LogP contribution in [0.5, 0.6) is 0 Å². The van der Waals surface area contributed by atoms with Crippen molar-refractivity contribution in [2.24, 2.45) is 0 Å². The molecule has 1 aromatic carbocycles. The molecule has 0 heterocycles. The van der Waals surface area contributed by atoms with Crippen LogP contribution in [0.3, 0.4) is 0 Å². The van der Waals surface area contributed by atoms with Crippen molar-refractivity contribution in [3.63, 3.8) is 0 Å². The van der Waals surface area contributed by atoms with E-state index < -0.39 is 23.5 Å². The number of alkyl halides is 2. The Bertz CT molecular complexity index is 464. The number of carboxylic acid groups (broad SMARTS) is 1. The van der Waals surface area contributed by atoms with E-state index in [1.807, 2.05) is 0 Å². The van der Waals surface area contributed by atoms with Gasteiger partial charge < -0.3 is 5.11 Å². The van der Waals surface area contributed by atoms with Crippen LogP contribution in [0.2, 0.25) is 0 Å². The lowest BCUT2D eigenvalue weighted by Gasteiger charge is -2.11. The summed E-state index contributed by atoms with van der Waals surface area (Å²) in [6, 6.07) is 4.21. The van der Waals surface area contributed by atoms with E-state index in [1.54, 1.807) is 13.0 Å². The molecule has 0 aliphatic heterocycles. The topological polar surface area (TPSA) is 61.1 Å². The van der Waals surface area contributed by atoms with E-state index in [-0.39, 0.29) is 5.56 Å². The van der Waals surface area contributed by atoms with Gasteiger partial charge in [-0.15, -0.1) is 0 Å². The lowest BCUT2D eigenvalue weighted by molar-refractivity contribution is 0.0683. The zero-order chi connectivity index (χ0) is 12.3. The summed E-state index contributed by atoms with van der Waals surface area (Å²) in [5, 5.41) is 17.6. The molecule has 5 heteroatoms. The number of carbonyl (C=O) groups is 1. The second-order valence-corrected chi connectivity index (χ2v) is 3.13. The fourth-order valence-corrected chi connectivity index (χ4v) is 1.54. The van der Waals surface area contributed by atoms with Crippen molar-refractivity contribution in [1.82, 2.24) is 0 Å². The fourth-order valence-electron chi connectivity index (χ4n) is 1.54. The van der Waals surface area contributed by atoms with Crippen LogP contribution in [-0.2, 0) is 6.42 Å². The maximum absolute atomic E-state index is 12.7. The van der Waals surface area contributed by atoms with Gasteiger partial charge in [-0.25, -0.2) is 13.6 Å². The number of nitrogens with zero attached hydrogens (tertiary/aromatic N) is 1. The number of carboxylic acids is 1. The second kappa shape index (κ2) is 4.71. The van der Waals surface area contributed by atoms with Gasteiger partial charge in [-0.1, -0.05) is 13.0 Å². The van der Waals surface area contributed by atoms with Crippen molar-refractivity contribution in [2.45, 2.75) is 19.8 Å². The van der Waals surface area contributed by atoms with E-state index in [0.29, 0.717) is 12.0 Å². The first kappa shape index (κ1) is 12.1. The third kappa shape index (κ3) is 2.01. The molecule has 1 aromatic rings. The molecule has 1 N–H and O–H groups in total. The summed E-state index contributed by atoms with van der Waals surface area (Å²) in [7, 11) is 0. The molecule has 0 spiro atoms. The molecule has 0 aliphatic carbocycles. The van der Waals surface area contributed by atoms with Crippen LogP contribution in [0.25, 0.3) is 0 Å². The van der Waals surface area contributed by atoms with Crippen LogP contribution in [-0.4, -0.2) is 11.1 Å². The summed E-state index contributed by atoms with van der Waals surface area (Å²) in [6.07, 6.45) is -2.64. The molecule has 0 bridgehead atoms. The normalized spacial score (nSPS) is 10.2. The highest BCUT2D eigenvalue weighted by Gasteiger charge is 2.24. The van der Waals surface area contributed by atoms with Gasteiger partial charge in [0.15, 0.2) is 0 Å². The minimum atomic E-state index is -2.97. The lowest BCUT2D eigenvalue weighted by Crippen LogP contribution is -2.09. The summed E-state index contributed by atoms with van der Waals surface area (Å²) in [4.78, 5) is 10.9. The van der Waals surface area contributed by atoms with Gasteiger partial charge in [-0.05, 0) is 18.1 Å². The van der Waals surface area contributed by atoms with Crippen molar-refractivity contribution >= 4 is 5.97 Å². The molecule has 0 aromatic heterocycles. The third-order valence-corrected chi connectivity index (χ3v) is 2.27. The molecule has 0 fully saturated rings. The number of nitriles is 1. The predicted molar refractivity (Wildman–Crippen MR) is 52.5 cm³/mol. The zero-order valence-electron chi connectivity index (χ0n) is 8.50. The Hall–Kier alpha value is -1.96. The van der Waals surface area contributed by atoms with E-state index in [0.717, 1.165) is 0 Å². The Morgan fingerprint density at radius 2 is 2.19 bits per heavy atom. The molecule has 0 saturated carbocycles. The first-order valence-corrected chi connectivity index (χ1v) is 4.60. The third-order valence-electron chi connectivity index (χ3n) is 2.27. The Morgan fingerprint density at radius 1 is 1.56 bits per heavy atom. The maximum atomic E-state index is 12.7. The molecule has 84 valence electrons. The summed E-state index contributed by atoms with van der Waals surface area (Å²) in [6.45, 7) is 1.67. The van der Waals surface area contributed by atoms with Gasteiger partial charge in [0, 0.05) is 0 Å². The van der Waals surface area contributed by atoms with Crippen LogP contribution in [0.1, 0.15) is 40.4 Å². The van der Waals surface area contributed by atoms with E-state index in [1.165, 1.54) is 12.1 Å². The Balaban J connectivity index is 3.61. The Morgan fingerprint density at radius 3 is 2.56 bits per heavy atom. The van der Waals surface area contributed by atoms with Gasteiger partial charge in [0.2, 0.25) is 0 Å². The predicted octanol–water partition coefficient (Wildman–Crippen LogP) is 2.76. The molecular formula is C11H9F2NO2. The number of hydrogen-bond donors (Lipinski definition) is 1. The molecule has 3 nitrogen and oxygen atoms in total. The van der Waals surface area contributed by atoms with Gasteiger partial charge >= 0.3 is 5.97 Å². The Labute approximate surface area is 90.9 Å². The van der Waals surface area contributed by atoms with Gasteiger partial charge in [-0.3, -0.25) is 0 Å². The highest BCUT2D eigenvalue weighted by molar-refractivity contribution is 5.92. The molecule has 1 rings (SSSR count). The zero-order valence-corrected chi connectivity index (χ0v) is 8.50. The first-order valence-electron chi connectivity index (χ1n) is 4.60. The van der Waals surface area contributed by atoms with E-state index in [2.05, 4.69) is 0 Å². The molecular weight excluding hydrogens is 216 g/mol. The van der Waals surface area contributed by atoms with Crippen LogP contribution in [0.15, 0.2) is 12.1 Å². The quantitative estimate of drug-likeness (QED) is 0.860. The fraction of sp³-hybridized carbons (Fsp3) is 0.273. The number of aromatic carboxylic acids is 1. The van der Waals surface area contributed by atoms with E-state index >= 15 is 0 Å². The minimum absolute atomic E-state index is 0.287. The van der Waals surface area contributed by atoms with E-state index in [9.17, 15) is 13.6 Å². The summed E-state index contributed by atoms with van der Waals surface area (Å²) < 4.78 is 25.5. The summed E-state index contributed by atoms with van der Waals surface area (Å²) in [5.41, 5.74) is -1.11. The van der Waals surface area contributed by atoms with Gasteiger partial charge in [0.25, 0.3) is 6.43 Å². The molecule has 16 heavy (non-hydrogen) atoms. The van der Waals surface area contributed by atoms with E-state index in [4.69, 9.17) is 10.4 Å². The van der Waals surface area contributed by atoms with Crippen molar-refractivity contribution < 1.29 is 18.7 Å². The average Bonchev–Trinajstić information content (AvgIpc) is 2.26. The number of hydrogen-bond acceptors (Lipinski definition) is 2. The van der Waals surface area contributed by atoms with Gasteiger partial charge in [-0.2, -0.15) is 5.26 Å². The molecule has 0 radical (unpaired) electrons. The smallest absolute Gasteiger partial charge is 0.336 e. The van der Waals surface area contributed by atoms with Crippen molar-refractivity contribution in [3.05, 3.63) is 34.4 Å². The lowest BCUT2D eigenvalue weighted by atomic mass is 9.95. The minimum Gasteiger partial charge on any atom is -0.478 e. The molecule has 0 saturated heterocycles. The summed E-state index contributed by atoms with van der Waals surface area (Å²) in [5.74, 6) is -1.43. The van der Waals surface area contributed by atoms with Crippen LogP contribution in [0.4, 0.5) is 8.78 Å². The van der Waals surface area contributed by atoms with Gasteiger partial charge in [0.1, 0.15) is 0 Å². The average molecular weight is 225 g/mol.